The van der Waals surface area contributed by atoms with Gasteiger partial charge in [0.05, 0.1) is 23.5 Å². The second-order valence-corrected chi connectivity index (χ2v) is 4.99. The smallest absolute Gasteiger partial charge is 0.340 e. The molecule has 0 bridgehead atoms. The van der Waals surface area contributed by atoms with E-state index in [-0.39, 0.29) is 5.97 Å². The molecule has 2 aromatic carbocycles. The van der Waals surface area contributed by atoms with Crippen molar-refractivity contribution in [2.24, 2.45) is 0 Å². The van der Waals surface area contributed by atoms with Gasteiger partial charge in [-0.2, -0.15) is 0 Å². The number of carbonyl (C=O) groups excluding carboxylic acids is 1. The van der Waals surface area contributed by atoms with Crippen molar-refractivity contribution in [1.82, 2.24) is 0 Å². The average molecular weight is 284 g/mol. The summed E-state index contributed by atoms with van der Waals surface area (Å²) in [4.78, 5) is 12.0. The Balaban J connectivity index is 2.41. The topological polar surface area (TPSA) is 64.3 Å². The van der Waals surface area contributed by atoms with E-state index in [0.29, 0.717) is 23.5 Å². The summed E-state index contributed by atoms with van der Waals surface area (Å²) in [5.74, 6) is -0.378. The molecule has 0 heterocycles. The summed E-state index contributed by atoms with van der Waals surface area (Å²) in [5, 5.41) is 3.24. The Bertz CT molecular complexity index is 646. The summed E-state index contributed by atoms with van der Waals surface area (Å²) >= 11 is 0. The Morgan fingerprint density at radius 1 is 1.19 bits per heavy atom. The molecule has 110 valence electrons. The maximum atomic E-state index is 12.0. The van der Waals surface area contributed by atoms with Crippen LogP contribution in [0.2, 0.25) is 0 Å². The molecule has 4 heteroatoms. The lowest BCUT2D eigenvalue weighted by atomic mass is 10.1. The predicted octanol–water partition coefficient (Wildman–Crippen LogP) is 3.81. The lowest BCUT2D eigenvalue weighted by molar-refractivity contribution is 0.0527. The average Bonchev–Trinajstić information content (AvgIpc) is 2.40. The van der Waals surface area contributed by atoms with E-state index in [1.165, 1.54) is 0 Å². The molecule has 0 unspecified atom stereocenters. The van der Waals surface area contributed by atoms with Crippen LogP contribution >= 0.6 is 0 Å². The molecule has 0 aliphatic heterocycles. The summed E-state index contributed by atoms with van der Waals surface area (Å²) in [6, 6.07) is 11.3. The Hall–Kier alpha value is -2.49. The van der Waals surface area contributed by atoms with Gasteiger partial charge in [0.2, 0.25) is 0 Å². The van der Waals surface area contributed by atoms with Gasteiger partial charge in [0.1, 0.15) is 0 Å². The minimum absolute atomic E-state index is 0.330. The number of benzene rings is 2. The molecule has 0 aliphatic carbocycles. The number of anilines is 3. The number of aryl methyl sites for hydroxylation is 2. The van der Waals surface area contributed by atoms with Gasteiger partial charge in [-0.3, -0.25) is 0 Å². The zero-order valence-corrected chi connectivity index (χ0v) is 12.6. The van der Waals surface area contributed by atoms with Gasteiger partial charge in [0, 0.05) is 5.69 Å². The Morgan fingerprint density at radius 3 is 2.48 bits per heavy atom. The molecule has 0 saturated heterocycles. The van der Waals surface area contributed by atoms with E-state index in [1.807, 2.05) is 26.0 Å². The van der Waals surface area contributed by atoms with E-state index >= 15 is 0 Å². The fraction of sp³-hybridized carbons (Fsp3) is 0.235. The highest BCUT2D eigenvalue weighted by Gasteiger charge is 2.15. The summed E-state index contributed by atoms with van der Waals surface area (Å²) in [5.41, 5.74) is 10.7. The molecule has 3 N–H and O–H groups in total. The van der Waals surface area contributed by atoms with Crippen molar-refractivity contribution >= 4 is 23.0 Å². The fourth-order valence-electron chi connectivity index (χ4n) is 2.28. The Labute approximate surface area is 124 Å². The molecular weight excluding hydrogens is 264 g/mol. The molecule has 0 radical (unpaired) electrons. The first-order chi connectivity index (χ1) is 10.0. The number of nitrogen functional groups attached to an aromatic ring is 1. The van der Waals surface area contributed by atoms with Crippen molar-refractivity contribution in [3.05, 3.63) is 53.1 Å². The summed E-state index contributed by atoms with van der Waals surface area (Å²) in [6.45, 7) is 6.16. The number of carbonyl (C=O) groups is 1. The van der Waals surface area contributed by atoms with Crippen LogP contribution < -0.4 is 11.1 Å². The van der Waals surface area contributed by atoms with Crippen molar-refractivity contribution in [2.75, 3.05) is 17.7 Å². The molecule has 0 fully saturated rings. The van der Waals surface area contributed by atoms with Crippen LogP contribution in [0.3, 0.4) is 0 Å². The number of ether oxygens (including phenoxy) is 1. The van der Waals surface area contributed by atoms with Gasteiger partial charge in [-0.15, -0.1) is 0 Å². The van der Waals surface area contributed by atoms with Crippen LogP contribution in [0.25, 0.3) is 0 Å². The third-order valence-electron chi connectivity index (χ3n) is 3.08. The van der Waals surface area contributed by atoms with Gasteiger partial charge in [-0.25, -0.2) is 4.79 Å². The first-order valence-electron chi connectivity index (χ1n) is 6.92. The molecule has 21 heavy (non-hydrogen) atoms. The standard InChI is InChI=1S/C17H20N2O2/c1-4-21-17(20)14-6-5-7-15(18)16(14)19-13-9-11(2)8-12(3)10-13/h5-10,19H,4,18H2,1-3H3. The molecular formula is C17H20N2O2. The lowest BCUT2D eigenvalue weighted by Gasteiger charge is -2.14. The molecule has 2 rings (SSSR count). The predicted molar refractivity (Wildman–Crippen MR) is 86.0 cm³/mol. The second kappa shape index (κ2) is 6.31. The SMILES string of the molecule is CCOC(=O)c1cccc(N)c1Nc1cc(C)cc(C)c1. The quantitative estimate of drug-likeness (QED) is 0.662. The van der Waals surface area contributed by atoms with E-state index < -0.39 is 0 Å². The number of hydrogen-bond donors (Lipinski definition) is 2. The van der Waals surface area contributed by atoms with E-state index in [9.17, 15) is 4.79 Å². The van der Waals surface area contributed by atoms with Gasteiger partial charge in [0.15, 0.2) is 0 Å². The maximum Gasteiger partial charge on any atom is 0.340 e. The number of rotatable bonds is 4. The molecule has 0 amide bonds. The number of nitrogens with two attached hydrogens (primary N) is 1. The van der Waals surface area contributed by atoms with Crippen LogP contribution in [0.1, 0.15) is 28.4 Å². The van der Waals surface area contributed by atoms with Crippen molar-refractivity contribution in [1.29, 1.82) is 0 Å². The van der Waals surface area contributed by atoms with Gasteiger partial charge >= 0.3 is 5.97 Å². The first kappa shape index (κ1) is 14.9. The Kier molecular flexibility index (Phi) is 4.48. The molecule has 0 atom stereocenters. The maximum absolute atomic E-state index is 12.0. The van der Waals surface area contributed by atoms with Gasteiger partial charge < -0.3 is 15.8 Å². The minimum Gasteiger partial charge on any atom is -0.462 e. The van der Waals surface area contributed by atoms with Crippen LogP contribution in [0, 0.1) is 13.8 Å². The van der Waals surface area contributed by atoms with Crippen LogP contribution in [0.15, 0.2) is 36.4 Å². The summed E-state index contributed by atoms with van der Waals surface area (Å²) < 4.78 is 5.07. The molecule has 0 aromatic heterocycles. The van der Waals surface area contributed by atoms with Crippen LogP contribution in [-0.2, 0) is 4.74 Å². The minimum atomic E-state index is -0.378. The van der Waals surface area contributed by atoms with Crippen molar-refractivity contribution in [2.45, 2.75) is 20.8 Å². The largest absolute Gasteiger partial charge is 0.462 e. The lowest BCUT2D eigenvalue weighted by Crippen LogP contribution is -2.09. The molecule has 0 aliphatic rings. The number of esters is 1. The van der Waals surface area contributed by atoms with Crippen molar-refractivity contribution < 1.29 is 9.53 Å². The highest BCUT2D eigenvalue weighted by Crippen LogP contribution is 2.28. The molecule has 2 aromatic rings. The summed E-state index contributed by atoms with van der Waals surface area (Å²) in [6.07, 6.45) is 0. The second-order valence-electron chi connectivity index (χ2n) is 4.99. The van der Waals surface area contributed by atoms with Gasteiger partial charge in [-0.1, -0.05) is 12.1 Å². The molecule has 0 saturated carbocycles. The Morgan fingerprint density at radius 2 is 1.86 bits per heavy atom. The highest BCUT2D eigenvalue weighted by molar-refractivity contribution is 5.99. The first-order valence-corrected chi connectivity index (χ1v) is 6.92. The van der Waals surface area contributed by atoms with E-state index in [1.54, 1.807) is 25.1 Å². The van der Waals surface area contributed by atoms with Crippen LogP contribution in [-0.4, -0.2) is 12.6 Å². The summed E-state index contributed by atoms with van der Waals surface area (Å²) in [7, 11) is 0. The number of nitrogens with one attached hydrogen (secondary N) is 1. The van der Waals surface area contributed by atoms with E-state index in [2.05, 4.69) is 11.4 Å². The van der Waals surface area contributed by atoms with Gasteiger partial charge in [-0.05, 0) is 56.2 Å². The van der Waals surface area contributed by atoms with E-state index in [0.717, 1.165) is 16.8 Å². The van der Waals surface area contributed by atoms with Crippen LogP contribution in [0.5, 0.6) is 0 Å². The number of para-hydroxylation sites is 1. The van der Waals surface area contributed by atoms with Crippen molar-refractivity contribution in [3.8, 4) is 0 Å². The normalized spacial score (nSPS) is 10.2. The molecule has 0 spiro atoms. The molecule has 4 nitrogen and oxygen atoms in total. The monoisotopic (exact) mass is 284 g/mol. The van der Waals surface area contributed by atoms with Gasteiger partial charge in [0.25, 0.3) is 0 Å². The zero-order chi connectivity index (χ0) is 15.4. The third-order valence-corrected chi connectivity index (χ3v) is 3.08. The third kappa shape index (κ3) is 3.54. The van der Waals surface area contributed by atoms with E-state index in [4.69, 9.17) is 10.5 Å². The number of hydrogen-bond acceptors (Lipinski definition) is 4. The zero-order valence-electron chi connectivity index (χ0n) is 12.6. The van der Waals surface area contributed by atoms with Crippen molar-refractivity contribution in [3.63, 3.8) is 0 Å². The highest BCUT2D eigenvalue weighted by atomic mass is 16.5. The fourth-order valence-corrected chi connectivity index (χ4v) is 2.28. The van der Waals surface area contributed by atoms with Crippen LogP contribution in [0.4, 0.5) is 17.1 Å².